The van der Waals surface area contributed by atoms with E-state index in [0.29, 0.717) is 41.6 Å². The minimum absolute atomic E-state index is 0.289. The van der Waals surface area contributed by atoms with E-state index in [1.54, 1.807) is 37.3 Å². The lowest BCUT2D eigenvalue weighted by Crippen LogP contribution is -2.56. The highest BCUT2D eigenvalue weighted by atomic mass is 28.5. The first-order valence-electron chi connectivity index (χ1n) is 27.5. The van der Waals surface area contributed by atoms with Crippen LogP contribution in [0.3, 0.4) is 0 Å². The average Bonchev–Trinajstić information content (AvgIpc) is 3.72. The molecule has 0 radical (unpaired) electrons. The zero-order valence-electron chi connectivity index (χ0n) is 48.8. The first kappa shape index (κ1) is 59.4. The fourth-order valence-electron chi connectivity index (χ4n) is 11.0. The fraction of sp³-hybridized carbons (Fsp3) is 0.308. The topological polar surface area (TPSA) is 125 Å². The summed E-state index contributed by atoms with van der Waals surface area (Å²) in [6.07, 6.45) is -0.0400. The highest BCUT2D eigenvalue weighted by Gasteiger charge is 2.47. The first-order chi connectivity index (χ1) is 37.7. The van der Waals surface area contributed by atoms with Gasteiger partial charge in [-0.3, -0.25) is 4.79 Å². The molecule has 0 fully saturated rings. The SMILES string of the molecule is CCC(=O)Oc1ccc(C(C)(C)c2ccc(OC(=O)Oc3cc(C4(c5ccc(C)c(OC(=O)Oc6ccccc6CCC[Si](C)(O[Si](C)(C)C)O[Si](C)(C)O[Si](C)(C)C)c5)c5ccccc5-c5ccccc54)ccc3C)cc2)cc1. The lowest BCUT2D eigenvalue weighted by molar-refractivity contribution is -0.134. The molecule has 8 rings (SSSR count). The van der Waals surface area contributed by atoms with Gasteiger partial charge >= 0.3 is 35.4 Å². The molecule has 7 aromatic carbocycles. The second-order valence-corrected chi connectivity index (χ2v) is 40.2. The quantitative estimate of drug-likeness (QED) is 0.0313. The Labute approximate surface area is 477 Å². The van der Waals surface area contributed by atoms with Crippen molar-refractivity contribution in [2.24, 2.45) is 0 Å². The normalized spacial score (nSPS) is 13.8. The smallest absolute Gasteiger partial charge is 0.437 e. The number of carbonyl (C=O) groups excluding carboxylic acids is 3. The molecule has 0 heterocycles. The standard InChI is InChI=1S/C65H76O11Si4/c1-15-61(66)69-52-38-34-48(35-39-52)64(4,5)49-36-40-53(41-37-49)70-62(67)72-59-43-50(32-30-45(59)2)65(56-27-19-17-25-54(56)55-26-18-20-28-57(55)65)51-33-31-46(3)60(44-51)73-63(68)71-58-29-21-16-23-47(58)24-22-42-80(14,75-78(9,10)11)76-79(12,13)74-77(6,7)8/h16-21,23,25-41,43-44H,15,22,24,42H2,1-14H3. The molecule has 15 heteroatoms. The van der Waals surface area contributed by atoms with Crippen molar-refractivity contribution in [1.82, 2.24) is 0 Å². The van der Waals surface area contributed by atoms with Gasteiger partial charge in [0.15, 0.2) is 16.6 Å². The van der Waals surface area contributed by atoms with Crippen LogP contribution in [0.4, 0.5) is 9.59 Å². The van der Waals surface area contributed by atoms with E-state index in [9.17, 15) is 14.4 Å². The number of benzene rings is 7. The third kappa shape index (κ3) is 13.9. The second kappa shape index (κ2) is 23.8. The van der Waals surface area contributed by atoms with Crippen LogP contribution in [0.15, 0.2) is 158 Å². The van der Waals surface area contributed by atoms with Crippen molar-refractivity contribution in [1.29, 1.82) is 0 Å². The van der Waals surface area contributed by atoms with E-state index < -0.39 is 56.9 Å². The van der Waals surface area contributed by atoms with Gasteiger partial charge in [0.1, 0.15) is 28.7 Å². The molecule has 0 saturated carbocycles. The van der Waals surface area contributed by atoms with Gasteiger partial charge in [-0.1, -0.05) is 136 Å². The summed E-state index contributed by atoms with van der Waals surface area (Å²) >= 11 is 0. The average molecular weight is 1150 g/mol. The number of ether oxygens (including phenoxy) is 5. The number of aryl methyl sites for hydroxylation is 3. The van der Waals surface area contributed by atoms with E-state index in [1.807, 2.05) is 105 Å². The molecular weight excluding hydrogens is 1070 g/mol. The molecule has 11 nitrogen and oxygen atoms in total. The zero-order chi connectivity index (χ0) is 57.8. The Hall–Kier alpha value is -6.70. The number of hydrogen-bond donors (Lipinski definition) is 0. The Balaban J connectivity index is 1.03. The van der Waals surface area contributed by atoms with Gasteiger partial charge in [0.05, 0.1) is 5.41 Å². The molecule has 1 unspecified atom stereocenters. The van der Waals surface area contributed by atoms with Crippen LogP contribution in [0, 0.1) is 13.8 Å². The van der Waals surface area contributed by atoms with Gasteiger partial charge in [0, 0.05) is 11.8 Å². The van der Waals surface area contributed by atoms with Crippen molar-refractivity contribution in [3.8, 4) is 39.9 Å². The first-order valence-corrected chi connectivity index (χ1v) is 39.7. The monoisotopic (exact) mass is 1140 g/mol. The molecular formula is C65H76O11Si4. The van der Waals surface area contributed by atoms with Crippen molar-refractivity contribution in [2.45, 2.75) is 130 Å². The van der Waals surface area contributed by atoms with Crippen molar-refractivity contribution in [3.63, 3.8) is 0 Å². The third-order valence-electron chi connectivity index (χ3n) is 14.2. The molecule has 0 N–H and O–H groups in total. The lowest BCUT2D eigenvalue weighted by atomic mass is 9.67. The fourth-order valence-corrected chi connectivity index (χ4v) is 29.0. The Bertz CT molecular complexity index is 3330. The van der Waals surface area contributed by atoms with Crippen molar-refractivity contribution in [3.05, 3.63) is 208 Å². The molecule has 0 saturated heterocycles. The van der Waals surface area contributed by atoms with Gasteiger partial charge in [-0.2, -0.15) is 0 Å². The molecule has 0 amide bonds. The number of para-hydroxylation sites is 1. The minimum atomic E-state index is -2.67. The summed E-state index contributed by atoms with van der Waals surface area (Å²) in [5.41, 5.74) is 8.78. The number of fused-ring (bicyclic) bond motifs is 3. The van der Waals surface area contributed by atoms with Crippen LogP contribution in [-0.2, 0) is 34.4 Å². The predicted octanol–water partition coefficient (Wildman–Crippen LogP) is 16.9. The number of esters is 1. The Morgan fingerprint density at radius 3 is 1.44 bits per heavy atom. The van der Waals surface area contributed by atoms with E-state index in [1.165, 1.54) is 0 Å². The molecule has 0 aliphatic heterocycles. The van der Waals surface area contributed by atoms with Crippen molar-refractivity contribution >= 4 is 52.0 Å². The Morgan fingerprint density at radius 2 is 0.938 bits per heavy atom. The van der Waals surface area contributed by atoms with E-state index in [0.717, 1.165) is 73.7 Å². The highest BCUT2D eigenvalue weighted by molar-refractivity contribution is 6.89. The summed E-state index contributed by atoms with van der Waals surface area (Å²) in [4.78, 5) is 39.6. The molecule has 0 aromatic heterocycles. The van der Waals surface area contributed by atoms with E-state index in [-0.39, 0.29) is 5.97 Å². The van der Waals surface area contributed by atoms with Gasteiger partial charge in [0.2, 0.25) is 0 Å². The maximum absolute atomic E-state index is 14.1. The van der Waals surface area contributed by atoms with Gasteiger partial charge in [0.25, 0.3) is 0 Å². The summed E-state index contributed by atoms with van der Waals surface area (Å²) < 4.78 is 50.0. The zero-order valence-corrected chi connectivity index (χ0v) is 52.8. The third-order valence-corrected chi connectivity index (χ3v) is 27.8. The number of hydrogen-bond acceptors (Lipinski definition) is 11. The molecule has 1 aliphatic rings. The Kier molecular flexibility index (Phi) is 17.7. The minimum Gasteiger partial charge on any atom is -0.437 e. The van der Waals surface area contributed by atoms with Gasteiger partial charge in [-0.25, -0.2) is 9.59 Å². The van der Waals surface area contributed by atoms with Crippen LogP contribution in [0.2, 0.25) is 65.0 Å². The predicted molar refractivity (Wildman–Crippen MR) is 326 cm³/mol. The van der Waals surface area contributed by atoms with E-state index >= 15 is 0 Å². The molecule has 0 bridgehead atoms. The summed E-state index contributed by atoms with van der Waals surface area (Å²) in [5.74, 6) is 1.63. The van der Waals surface area contributed by atoms with E-state index in [2.05, 4.69) is 109 Å². The van der Waals surface area contributed by atoms with Crippen molar-refractivity contribution < 1.29 is 50.4 Å². The maximum atomic E-state index is 14.1. The van der Waals surface area contributed by atoms with Gasteiger partial charge < -0.3 is 36.0 Å². The van der Waals surface area contributed by atoms with Crippen LogP contribution >= 0.6 is 0 Å². The van der Waals surface area contributed by atoms with Gasteiger partial charge in [-0.05, 0) is 195 Å². The van der Waals surface area contributed by atoms with Crippen LogP contribution in [0.5, 0.6) is 28.7 Å². The molecule has 80 heavy (non-hydrogen) atoms. The number of rotatable bonds is 20. The van der Waals surface area contributed by atoms with Crippen molar-refractivity contribution in [2.75, 3.05) is 0 Å². The molecule has 1 aliphatic carbocycles. The van der Waals surface area contributed by atoms with Crippen LogP contribution in [0.1, 0.15) is 83.7 Å². The lowest BCUT2D eigenvalue weighted by Gasteiger charge is -2.41. The Morgan fingerprint density at radius 1 is 0.487 bits per heavy atom. The van der Waals surface area contributed by atoms with E-state index in [4.69, 9.17) is 36.0 Å². The maximum Gasteiger partial charge on any atom is 0.519 e. The molecule has 0 spiro atoms. The summed E-state index contributed by atoms with van der Waals surface area (Å²) in [7, 11) is -8.97. The molecule has 7 aromatic rings. The highest BCUT2D eigenvalue weighted by Crippen LogP contribution is 2.57. The summed E-state index contributed by atoms with van der Waals surface area (Å²) in [5, 5.41) is 0. The van der Waals surface area contributed by atoms with Crippen LogP contribution < -0.4 is 23.7 Å². The molecule has 418 valence electrons. The largest absolute Gasteiger partial charge is 0.519 e. The summed E-state index contributed by atoms with van der Waals surface area (Å²) in [6, 6.07) is 51.6. The second-order valence-electron chi connectivity index (χ2n) is 23.7. The molecule has 1 atom stereocenters. The van der Waals surface area contributed by atoms with Gasteiger partial charge in [-0.15, -0.1) is 0 Å². The van der Waals surface area contributed by atoms with Crippen LogP contribution in [0.25, 0.3) is 11.1 Å². The number of carbonyl (C=O) groups is 3. The van der Waals surface area contributed by atoms with Crippen LogP contribution in [-0.4, -0.2) is 52.0 Å². The summed E-state index contributed by atoms with van der Waals surface area (Å²) in [6.45, 7) is 29.3.